The van der Waals surface area contributed by atoms with Crippen molar-refractivity contribution >= 4 is 5.91 Å². The zero-order valence-electron chi connectivity index (χ0n) is 14.8. The van der Waals surface area contributed by atoms with Gasteiger partial charge in [-0.2, -0.15) is 0 Å². The van der Waals surface area contributed by atoms with Crippen LogP contribution in [0.4, 0.5) is 0 Å². The lowest BCUT2D eigenvalue weighted by molar-refractivity contribution is -0.122. The Balaban J connectivity index is 1.44. The molecule has 0 aromatic heterocycles. The molecule has 23 heavy (non-hydrogen) atoms. The molecule has 2 aliphatic carbocycles. The lowest BCUT2D eigenvalue weighted by atomic mass is 9.84. The minimum atomic E-state index is 0.216. The molecule has 1 aromatic rings. The topological polar surface area (TPSA) is 29.1 Å². The van der Waals surface area contributed by atoms with Gasteiger partial charge in [0.25, 0.3) is 0 Å². The monoisotopic (exact) mass is 313 g/mol. The van der Waals surface area contributed by atoms with Gasteiger partial charge in [-0.3, -0.25) is 4.79 Å². The van der Waals surface area contributed by atoms with Crippen LogP contribution in [0.1, 0.15) is 69.9 Å². The van der Waals surface area contributed by atoms with Gasteiger partial charge in [0.05, 0.1) is 0 Å². The molecule has 2 saturated carbocycles. The summed E-state index contributed by atoms with van der Waals surface area (Å²) in [6, 6.07) is 9.07. The number of rotatable bonds is 6. The minimum absolute atomic E-state index is 0.216. The third-order valence-electron chi connectivity index (χ3n) is 6.11. The van der Waals surface area contributed by atoms with Crippen molar-refractivity contribution in [3.05, 3.63) is 35.4 Å². The Bertz CT molecular complexity index is 533. The van der Waals surface area contributed by atoms with Crippen LogP contribution in [-0.4, -0.2) is 11.9 Å². The molecule has 126 valence electrons. The first kappa shape index (κ1) is 16.5. The molecule has 2 nitrogen and oxygen atoms in total. The first-order valence-corrected chi connectivity index (χ1v) is 9.41. The zero-order valence-corrected chi connectivity index (χ0v) is 14.8. The van der Waals surface area contributed by atoms with Gasteiger partial charge in [-0.25, -0.2) is 0 Å². The van der Waals surface area contributed by atoms with E-state index in [9.17, 15) is 4.79 Å². The van der Waals surface area contributed by atoms with Crippen LogP contribution in [0.3, 0.4) is 0 Å². The fraction of sp³-hybridized carbons (Fsp3) is 0.667. The Morgan fingerprint density at radius 2 is 1.87 bits per heavy atom. The molecule has 0 saturated heterocycles. The third kappa shape index (κ3) is 3.97. The molecule has 3 rings (SSSR count). The Labute approximate surface area is 141 Å². The highest BCUT2D eigenvalue weighted by Gasteiger charge is 2.41. The Morgan fingerprint density at radius 1 is 1.13 bits per heavy atom. The normalized spacial score (nSPS) is 27.4. The van der Waals surface area contributed by atoms with E-state index in [1.165, 1.54) is 36.8 Å². The van der Waals surface area contributed by atoms with Crippen LogP contribution in [0, 0.1) is 17.8 Å². The van der Waals surface area contributed by atoms with Gasteiger partial charge in [-0.1, -0.05) is 44.5 Å². The van der Waals surface area contributed by atoms with Crippen LogP contribution in [0.25, 0.3) is 0 Å². The molecule has 1 N–H and O–H groups in total. The van der Waals surface area contributed by atoms with Crippen LogP contribution in [-0.2, 0) is 11.2 Å². The summed E-state index contributed by atoms with van der Waals surface area (Å²) in [5.41, 5.74) is 2.63. The number of aryl methyl sites for hydroxylation is 1. The predicted octanol–water partition coefficient (Wildman–Crippen LogP) is 4.68. The molecule has 2 fully saturated rings. The van der Waals surface area contributed by atoms with E-state index in [4.69, 9.17) is 0 Å². The van der Waals surface area contributed by atoms with E-state index in [2.05, 4.69) is 50.4 Å². The van der Waals surface area contributed by atoms with Crippen LogP contribution >= 0.6 is 0 Å². The second-order valence-corrected chi connectivity index (χ2v) is 8.09. The fourth-order valence-electron chi connectivity index (χ4n) is 4.67. The highest BCUT2D eigenvalue weighted by Crippen LogP contribution is 2.49. The highest BCUT2D eigenvalue weighted by molar-refractivity contribution is 5.76. The lowest BCUT2D eigenvalue weighted by Gasteiger charge is -2.28. The van der Waals surface area contributed by atoms with E-state index in [-0.39, 0.29) is 5.91 Å². The van der Waals surface area contributed by atoms with Crippen LogP contribution in [0.2, 0.25) is 0 Å². The molecule has 0 radical (unpaired) electrons. The van der Waals surface area contributed by atoms with Crippen molar-refractivity contribution in [2.75, 3.05) is 0 Å². The number of nitrogens with one attached hydrogen (secondary N) is 1. The Morgan fingerprint density at radius 3 is 2.43 bits per heavy atom. The molecule has 2 bridgehead atoms. The van der Waals surface area contributed by atoms with Crippen molar-refractivity contribution in [3.8, 4) is 0 Å². The summed E-state index contributed by atoms with van der Waals surface area (Å²) >= 11 is 0. The van der Waals surface area contributed by atoms with Gasteiger partial charge in [0.1, 0.15) is 0 Å². The number of amides is 1. The zero-order chi connectivity index (χ0) is 16.4. The van der Waals surface area contributed by atoms with Crippen molar-refractivity contribution < 1.29 is 4.79 Å². The Hall–Kier alpha value is -1.31. The van der Waals surface area contributed by atoms with Gasteiger partial charge in [0, 0.05) is 12.5 Å². The number of benzene rings is 1. The van der Waals surface area contributed by atoms with Gasteiger partial charge < -0.3 is 5.32 Å². The van der Waals surface area contributed by atoms with Crippen molar-refractivity contribution in [2.45, 2.75) is 71.3 Å². The quantitative estimate of drug-likeness (QED) is 0.811. The molecule has 0 unspecified atom stereocenters. The number of carbonyl (C=O) groups is 1. The first-order chi connectivity index (χ1) is 11.0. The molecule has 2 heteroatoms. The van der Waals surface area contributed by atoms with Crippen molar-refractivity contribution in [1.29, 1.82) is 0 Å². The third-order valence-corrected chi connectivity index (χ3v) is 6.11. The fourth-order valence-corrected chi connectivity index (χ4v) is 4.67. The van der Waals surface area contributed by atoms with Gasteiger partial charge in [-0.15, -0.1) is 0 Å². The second-order valence-electron chi connectivity index (χ2n) is 8.09. The number of hydrogen-bond donors (Lipinski definition) is 1. The number of fused-ring (bicyclic) bond motifs is 2. The predicted molar refractivity (Wildman–Crippen MR) is 95.4 cm³/mol. The maximum absolute atomic E-state index is 12.3. The van der Waals surface area contributed by atoms with E-state index >= 15 is 0 Å². The summed E-state index contributed by atoms with van der Waals surface area (Å²) in [5.74, 6) is 3.33. The van der Waals surface area contributed by atoms with E-state index in [0.29, 0.717) is 18.4 Å². The lowest BCUT2D eigenvalue weighted by Crippen LogP contribution is -2.40. The first-order valence-electron chi connectivity index (χ1n) is 9.41. The maximum Gasteiger partial charge on any atom is 0.220 e. The molecule has 0 aliphatic heterocycles. The molecule has 0 spiro atoms. The van der Waals surface area contributed by atoms with Gasteiger partial charge in [0.2, 0.25) is 5.91 Å². The SMILES string of the molecule is CC(C)c1ccc(CCC(=O)N[C@H](C)[C@H]2C[C@H]3CC[C@H]2C3)cc1. The molecular formula is C21H31NO. The summed E-state index contributed by atoms with van der Waals surface area (Å²) in [5, 5.41) is 3.27. The van der Waals surface area contributed by atoms with Crippen LogP contribution < -0.4 is 5.32 Å². The van der Waals surface area contributed by atoms with Gasteiger partial charge in [0.15, 0.2) is 0 Å². The summed E-state index contributed by atoms with van der Waals surface area (Å²) < 4.78 is 0. The molecule has 4 atom stereocenters. The van der Waals surface area contributed by atoms with Crippen molar-refractivity contribution in [3.63, 3.8) is 0 Å². The smallest absolute Gasteiger partial charge is 0.220 e. The van der Waals surface area contributed by atoms with E-state index in [1.807, 2.05) is 0 Å². The van der Waals surface area contributed by atoms with Crippen molar-refractivity contribution in [2.24, 2.45) is 17.8 Å². The van der Waals surface area contributed by atoms with Gasteiger partial charge >= 0.3 is 0 Å². The summed E-state index contributed by atoms with van der Waals surface area (Å²) in [6.07, 6.45) is 7.00. The molecule has 1 amide bonds. The summed E-state index contributed by atoms with van der Waals surface area (Å²) in [4.78, 5) is 12.3. The van der Waals surface area contributed by atoms with E-state index in [0.717, 1.165) is 24.2 Å². The van der Waals surface area contributed by atoms with E-state index < -0.39 is 0 Å². The molecule has 0 heterocycles. The highest BCUT2D eigenvalue weighted by atomic mass is 16.1. The Kier molecular flexibility index (Phi) is 5.08. The molecule has 2 aliphatic rings. The van der Waals surface area contributed by atoms with E-state index in [1.54, 1.807) is 0 Å². The number of carbonyl (C=O) groups excluding carboxylic acids is 1. The number of hydrogen-bond acceptors (Lipinski definition) is 1. The standard InChI is InChI=1S/C21H31NO/c1-14(2)18-8-4-16(5-9-18)7-11-21(23)22-15(3)20-13-17-6-10-19(20)12-17/h4-5,8-9,14-15,17,19-20H,6-7,10-13H2,1-3H3,(H,22,23)/t15-,17+,19+,20-/m1/s1. The van der Waals surface area contributed by atoms with Crippen LogP contribution in [0.5, 0.6) is 0 Å². The van der Waals surface area contributed by atoms with Crippen molar-refractivity contribution in [1.82, 2.24) is 5.32 Å². The summed E-state index contributed by atoms with van der Waals surface area (Å²) in [6.45, 7) is 6.62. The summed E-state index contributed by atoms with van der Waals surface area (Å²) in [7, 11) is 0. The largest absolute Gasteiger partial charge is 0.353 e. The van der Waals surface area contributed by atoms with Crippen LogP contribution in [0.15, 0.2) is 24.3 Å². The molecule has 1 aromatic carbocycles. The minimum Gasteiger partial charge on any atom is -0.353 e. The maximum atomic E-state index is 12.3. The average Bonchev–Trinajstić information content (AvgIpc) is 3.16. The average molecular weight is 313 g/mol. The molecular weight excluding hydrogens is 282 g/mol. The van der Waals surface area contributed by atoms with Gasteiger partial charge in [-0.05, 0) is 67.4 Å². The second kappa shape index (κ2) is 7.07.